The highest BCUT2D eigenvalue weighted by Gasteiger charge is 2.41. The molecule has 0 saturated carbocycles. The maximum atomic E-state index is 13.2. The number of hydrogen-bond donors (Lipinski definition) is 0. The van der Waals surface area contributed by atoms with Crippen molar-refractivity contribution in [2.24, 2.45) is 10.9 Å². The molecular formula is C23H19ClN2O. The van der Waals surface area contributed by atoms with E-state index in [1.807, 2.05) is 49.4 Å². The lowest BCUT2D eigenvalue weighted by molar-refractivity contribution is -0.116. The van der Waals surface area contributed by atoms with Crippen LogP contribution in [0.25, 0.3) is 0 Å². The first-order chi connectivity index (χ1) is 13.1. The molecule has 4 heteroatoms. The Morgan fingerprint density at radius 2 is 1.74 bits per heavy atom. The topological polar surface area (TPSA) is 53.2 Å². The molecule has 3 nitrogen and oxygen atoms in total. The molecule has 1 unspecified atom stereocenters. The van der Waals surface area contributed by atoms with Crippen LogP contribution < -0.4 is 0 Å². The number of allylic oxidation sites excluding steroid dienone is 2. The SMILES string of the molecule is CC1=NC2=C(C(=O)C[C@@H](c3ccccc3)C2)[C@@H](c2ccc(Cl)cc2)C1C#N. The molecular weight excluding hydrogens is 356 g/mol. The number of benzene rings is 2. The predicted octanol–water partition coefficient (Wildman–Crippen LogP) is 5.44. The van der Waals surface area contributed by atoms with E-state index in [-0.39, 0.29) is 17.6 Å². The molecule has 3 atom stereocenters. The molecule has 1 aliphatic heterocycles. The highest BCUT2D eigenvalue weighted by Crippen LogP contribution is 2.46. The summed E-state index contributed by atoms with van der Waals surface area (Å²) in [7, 11) is 0. The Morgan fingerprint density at radius 3 is 2.41 bits per heavy atom. The molecule has 2 aromatic carbocycles. The number of nitriles is 1. The molecule has 27 heavy (non-hydrogen) atoms. The Hall–Kier alpha value is -2.70. The van der Waals surface area contributed by atoms with Gasteiger partial charge in [-0.25, -0.2) is 0 Å². The number of halogens is 1. The minimum absolute atomic E-state index is 0.0987. The fourth-order valence-corrected chi connectivity index (χ4v) is 4.34. The van der Waals surface area contributed by atoms with Gasteiger partial charge in [-0.2, -0.15) is 5.26 Å². The first-order valence-corrected chi connectivity index (χ1v) is 9.47. The molecule has 1 aliphatic carbocycles. The van der Waals surface area contributed by atoms with E-state index in [9.17, 15) is 10.1 Å². The summed E-state index contributed by atoms with van der Waals surface area (Å²) in [6, 6.07) is 19.9. The number of hydrogen-bond acceptors (Lipinski definition) is 3. The monoisotopic (exact) mass is 374 g/mol. The predicted molar refractivity (Wildman–Crippen MR) is 107 cm³/mol. The van der Waals surface area contributed by atoms with Gasteiger partial charge in [0, 0.05) is 34.3 Å². The largest absolute Gasteiger partial charge is 0.294 e. The Labute approximate surface area is 164 Å². The van der Waals surface area contributed by atoms with Gasteiger partial charge >= 0.3 is 0 Å². The third kappa shape index (κ3) is 3.22. The van der Waals surface area contributed by atoms with Crippen LogP contribution in [0.4, 0.5) is 0 Å². The van der Waals surface area contributed by atoms with Crippen molar-refractivity contribution in [3.05, 3.63) is 82.0 Å². The van der Waals surface area contributed by atoms with Crippen LogP contribution in [-0.2, 0) is 4.79 Å². The van der Waals surface area contributed by atoms with Crippen molar-refractivity contribution < 1.29 is 4.79 Å². The van der Waals surface area contributed by atoms with E-state index in [0.717, 1.165) is 29.0 Å². The van der Waals surface area contributed by atoms with Gasteiger partial charge in [-0.3, -0.25) is 9.79 Å². The average molecular weight is 375 g/mol. The molecule has 0 spiro atoms. The van der Waals surface area contributed by atoms with Gasteiger partial charge in [-0.15, -0.1) is 0 Å². The molecule has 2 aromatic rings. The minimum atomic E-state index is -0.429. The minimum Gasteiger partial charge on any atom is -0.294 e. The van der Waals surface area contributed by atoms with Crippen molar-refractivity contribution in [3.8, 4) is 6.07 Å². The van der Waals surface area contributed by atoms with Crippen molar-refractivity contribution >= 4 is 23.1 Å². The molecule has 0 aromatic heterocycles. The molecule has 0 radical (unpaired) electrons. The van der Waals surface area contributed by atoms with Crippen LogP contribution >= 0.6 is 11.6 Å². The fourth-order valence-electron chi connectivity index (χ4n) is 4.22. The summed E-state index contributed by atoms with van der Waals surface area (Å²) in [5, 5.41) is 10.4. The number of carbonyl (C=O) groups excluding carboxylic acids is 1. The van der Waals surface area contributed by atoms with E-state index in [1.165, 1.54) is 0 Å². The van der Waals surface area contributed by atoms with Gasteiger partial charge in [-0.1, -0.05) is 54.1 Å². The lowest BCUT2D eigenvalue weighted by Crippen LogP contribution is -2.32. The Morgan fingerprint density at radius 1 is 1.04 bits per heavy atom. The maximum Gasteiger partial charge on any atom is 0.161 e. The zero-order chi connectivity index (χ0) is 19.0. The summed E-state index contributed by atoms with van der Waals surface area (Å²) in [5.74, 6) is -0.466. The normalized spacial score (nSPS) is 24.9. The summed E-state index contributed by atoms with van der Waals surface area (Å²) >= 11 is 6.03. The first-order valence-electron chi connectivity index (χ1n) is 9.10. The quantitative estimate of drug-likeness (QED) is 0.702. The van der Waals surface area contributed by atoms with Gasteiger partial charge in [0.2, 0.25) is 0 Å². The molecule has 2 aliphatic rings. The average Bonchev–Trinajstić information content (AvgIpc) is 2.68. The van der Waals surface area contributed by atoms with Gasteiger partial charge in [0.1, 0.15) is 0 Å². The van der Waals surface area contributed by atoms with Gasteiger partial charge in [0.05, 0.1) is 12.0 Å². The highest BCUT2D eigenvalue weighted by molar-refractivity contribution is 6.30. The summed E-state index contributed by atoms with van der Waals surface area (Å²) < 4.78 is 0. The molecule has 1 heterocycles. The first kappa shape index (κ1) is 17.7. The molecule has 0 amide bonds. The van der Waals surface area contributed by atoms with Gasteiger partial charge < -0.3 is 0 Å². The van der Waals surface area contributed by atoms with E-state index in [1.54, 1.807) is 0 Å². The molecule has 0 N–H and O–H groups in total. The summed E-state index contributed by atoms with van der Waals surface area (Å²) in [5.41, 5.74) is 4.43. The van der Waals surface area contributed by atoms with Crippen molar-refractivity contribution in [2.75, 3.05) is 0 Å². The van der Waals surface area contributed by atoms with Crippen LogP contribution in [0.1, 0.15) is 42.7 Å². The van der Waals surface area contributed by atoms with E-state index in [4.69, 9.17) is 16.6 Å². The van der Waals surface area contributed by atoms with Crippen molar-refractivity contribution in [2.45, 2.75) is 31.6 Å². The van der Waals surface area contributed by atoms with Crippen molar-refractivity contribution in [3.63, 3.8) is 0 Å². The van der Waals surface area contributed by atoms with Crippen LogP contribution in [0.15, 0.2) is 70.9 Å². The molecule has 0 fully saturated rings. The van der Waals surface area contributed by atoms with Gasteiger partial charge in [0.25, 0.3) is 0 Å². The maximum absolute atomic E-state index is 13.2. The van der Waals surface area contributed by atoms with E-state index in [0.29, 0.717) is 17.0 Å². The van der Waals surface area contributed by atoms with Gasteiger partial charge in [0.15, 0.2) is 5.78 Å². The number of ketones is 1. The molecule has 134 valence electrons. The van der Waals surface area contributed by atoms with Crippen LogP contribution in [0.2, 0.25) is 5.02 Å². The second kappa shape index (κ2) is 7.13. The smallest absolute Gasteiger partial charge is 0.161 e. The lowest BCUT2D eigenvalue weighted by Gasteiger charge is -2.35. The number of carbonyl (C=O) groups is 1. The summed E-state index contributed by atoms with van der Waals surface area (Å²) in [6.07, 6.45) is 1.18. The Kier molecular flexibility index (Phi) is 4.68. The van der Waals surface area contributed by atoms with E-state index < -0.39 is 5.92 Å². The lowest BCUT2D eigenvalue weighted by atomic mass is 9.70. The van der Waals surface area contributed by atoms with Crippen molar-refractivity contribution in [1.82, 2.24) is 0 Å². The Balaban J connectivity index is 1.79. The summed E-state index contributed by atoms with van der Waals surface area (Å²) in [4.78, 5) is 17.9. The zero-order valence-corrected chi connectivity index (χ0v) is 15.8. The molecule has 0 saturated heterocycles. The van der Waals surface area contributed by atoms with E-state index >= 15 is 0 Å². The summed E-state index contributed by atoms with van der Waals surface area (Å²) in [6.45, 7) is 1.89. The van der Waals surface area contributed by atoms with Crippen LogP contribution in [0.5, 0.6) is 0 Å². The number of rotatable bonds is 2. The highest BCUT2D eigenvalue weighted by atomic mass is 35.5. The number of aliphatic imine (C=N–C) groups is 1. The number of Topliss-reactive ketones (excluding diaryl/α,β-unsaturated/α-hetero) is 1. The second-order valence-electron chi connectivity index (χ2n) is 7.19. The van der Waals surface area contributed by atoms with E-state index in [2.05, 4.69) is 18.2 Å². The van der Waals surface area contributed by atoms with Crippen molar-refractivity contribution in [1.29, 1.82) is 5.26 Å². The second-order valence-corrected chi connectivity index (χ2v) is 7.63. The zero-order valence-electron chi connectivity index (χ0n) is 15.0. The van der Waals surface area contributed by atoms with Crippen LogP contribution in [-0.4, -0.2) is 11.5 Å². The Bertz CT molecular complexity index is 983. The fraction of sp³-hybridized carbons (Fsp3) is 0.261. The van der Waals surface area contributed by atoms with Crippen LogP contribution in [0.3, 0.4) is 0 Å². The third-order valence-corrected chi connectivity index (χ3v) is 5.78. The molecule has 0 bridgehead atoms. The number of nitrogens with zero attached hydrogens (tertiary/aromatic N) is 2. The molecule has 4 rings (SSSR count). The standard InChI is InChI=1S/C23H19ClN2O/c1-14-19(13-25)22(16-7-9-18(24)10-8-16)23-20(26-14)11-17(12-21(23)27)15-5-3-2-4-6-15/h2-10,17,19,22H,11-12H2,1H3/t17-,19?,22-/m0/s1. The third-order valence-electron chi connectivity index (χ3n) is 5.53. The van der Waals surface area contributed by atoms with Crippen LogP contribution in [0, 0.1) is 17.2 Å². The van der Waals surface area contributed by atoms with Gasteiger partial charge in [-0.05, 0) is 42.5 Å².